The van der Waals surface area contributed by atoms with Crippen molar-refractivity contribution in [3.8, 4) is 0 Å². The summed E-state index contributed by atoms with van der Waals surface area (Å²) in [5.74, 6) is 0.0157. The second kappa shape index (κ2) is 5.51. The fraction of sp³-hybridized carbons (Fsp3) is 0.455. The van der Waals surface area contributed by atoms with E-state index in [2.05, 4.69) is 14.8 Å². The molecule has 9 heteroatoms. The fourth-order valence-electron chi connectivity index (χ4n) is 1.86. The first-order valence-corrected chi connectivity index (χ1v) is 8.37. The van der Waals surface area contributed by atoms with E-state index in [4.69, 9.17) is 5.73 Å². The van der Waals surface area contributed by atoms with Gasteiger partial charge in [-0.2, -0.15) is 5.10 Å². The average molecular weight is 315 g/mol. The van der Waals surface area contributed by atoms with Crippen LogP contribution in [0.1, 0.15) is 16.4 Å². The van der Waals surface area contributed by atoms with E-state index in [1.165, 1.54) is 4.68 Å². The number of nitrogens with zero attached hydrogens (tertiary/aromatic N) is 3. The Bertz CT molecular complexity index is 717. The Kier molecular flexibility index (Phi) is 4.11. The van der Waals surface area contributed by atoms with Crippen LogP contribution in [0.15, 0.2) is 10.3 Å². The van der Waals surface area contributed by atoms with Gasteiger partial charge in [-0.3, -0.25) is 4.68 Å². The highest BCUT2D eigenvalue weighted by molar-refractivity contribution is 7.89. The molecule has 0 fully saturated rings. The number of nitrogen functional groups attached to an aromatic ring is 1. The second-order valence-corrected chi connectivity index (χ2v) is 7.20. The summed E-state index contributed by atoms with van der Waals surface area (Å²) >= 11 is 1.55. The summed E-state index contributed by atoms with van der Waals surface area (Å²) in [5, 5.41) is 6.80. The van der Waals surface area contributed by atoms with Crippen molar-refractivity contribution < 1.29 is 8.42 Å². The number of hydrogen-bond donors (Lipinski definition) is 2. The summed E-state index contributed by atoms with van der Waals surface area (Å²) < 4.78 is 28.4. The number of thiazole rings is 1. The molecule has 0 spiro atoms. The summed E-state index contributed by atoms with van der Waals surface area (Å²) in [5.41, 5.74) is 7.05. The summed E-state index contributed by atoms with van der Waals surface area (Å²) in [6.07, 6.45) is 0.544. The number of sulfonamides is 1. The molecule has 2 aromatic rings. The van der Waals surface area contributed by atoms with Crippen molar-refractivity contribution in [1.82, 2.24) is 19.5 Å². The number of anilines is 1. The van der Waals surface area contributed by atoms with E-state index >= 15 is 0 Å². The summed E-state index contributed by atoms with van der Waals surface area (Å²) in [6, 6.07) is 0. The van der Waals surface area contributed by atoms with Crippen LogP contribution in [0.3, 0.4) is 0 Å². The Balaban J connectivity index is 2.08. The average Bonchev–Trinajstić information content (AvgIpc) is 2.84. The Labute approximate surface area is 121 Å². The van der Waals surface area contributed by atoms with Crippen LogP contribution in [0.5, 0.6) is 0 Å². The van der Waals surface area contributed by atoms with Gasteiger partial charge in [-0.1, -0.05) is 0 Å². The summed E-state index contributed by atoms with van der Waals surface area (Å²) in [4.78, 5) is 4.34. The molecule has 0 atom stereocenters. The molecule has 0 aliphatic heterocycles. The normalized spacial score (nSPS) is 11.9. The van der Waals surface area contributed by atoms with Crippen molar-refractivity contribution in [2.24, 2.45) is 7.05 Å². The molecular weight excluding hydrogens is 298 g/mol. The van der Waals surface area contributed by atoms with Gasteiger partial charge in [-0.25, -0.2) is 18.1 Å². The molecule has 0 aliphatic rings. The Morgan fingerprint density at radius 3 is 2.65 bits per heavy atom. The van der Waals surface area contributed by atoms with Gasteiger partial charge in [-0.15, -0.1) is 11.3 Å². The number of nitrogens with two attached hydrogens (primary N) is 1. The molecule has 2 aromatic heterocycles. The lowest BCUT2D eigenvalue weighted by Crippen LogP contribution is -2.27. The van der Waals surface area contributed by atoms with Crippen LogP contribution < -0.4 is 10.5 Å². The minimum atomic E-state index is -3.65. The molecule has 0 unspecified atom stereocenters. The van der Waals surface area contributed by atoms with E-state index in [0.29, 0.717) is 12.1 Å². The third kappa shape index (κ3) is 3.00. The Hall–Kier alpha value is -1.45. The van der Waals surface area contributed by atoms with E-state index in [1.807, 2.05) is 12.3 Å². The predicted molar refractivity (Wildman–Crippen MR) is 78.1 cm³/mol. The number of aromatic nitrogens is 3. The highest BCUT2D eigenvalue weighted by atomic mass is 32.2. The van der Waals surface area contributed by atoms with Crippen molar-refractivity contribution in [3.05, 3.63) is 21.8 Å². The molecule has 2 heterocycles. The van der Waals surface area contributed by atoms with Gasteiger partial charge in [0.05, 0.1) is 16.4 Å². The number of hydrogen-bond acceptors (Lipinski definition) is 6. The van der Waals surface area contributed by atoms with Crippen molar-refractivity contribution >= 4 is 27.2 Å². The zero-order valence-corrected chi connectivity index (χ0v) is 13.2. The molecular formula is C11H17N5O2S2. The van der Waals surface area contributed by atoms with E-state index < -0.39 is 10.0 Å². The molecule has 0 bridgehead atoms. The van der Waals surface area contributed by atoms with Gasteiger partial charge in [-0.05, 0) is 13.8 Å². The number of nitrogens with one attached hydrogen (secondary N) is 1. The van der Waals surface area contributed by atoms with Gasteiger partial charge in [0.25, 0.3) is 0 Å². The Morgan fingerprint density at radius 2 is 2.15 bits per heavy atom. The largest absolute Gasteiger partial charge is 0.381 e. The molecule has 3 N–H and O–H groups in total. The first-order valence-electron chi connectivity index (χ1n) is 6.01. The van der Waals surface area contributed by atoms with Crippen LogP contribution in [0.2, 0.25) is 0 Å². The minimum absolute atomic E-state index is 0.0157. The molecule has 0 aliphatic carbocycles. The lowest BCUT2D eigenvalue weighted by atomic mass is 10.3. The van der Waals surface area contributed by atoms with Crippen molar-refractivity contribution in [2.75, 3.05) is 12.3 Å². The van der Waals surface area contributed by atoms with Gasteiger partial charge >= 0.3 is 0 Å². The van der Waals surface area contributed by atoms with Gasteiger partial charge in [0.15, 0.2) is 5.82 Å². The highest BCUT2D eigenvalue weighted by Crippen LogP contribution is 2.20. The minimum Gasteiger partial charge on any atom is -0.381 e. The van der Waals surface area contributed by atoms with Crippen molar-refractivity contribution in [3.63, 3.8) is 0 Å². The monoisotopic (exact) mass is 315 g/mol. The first-order chi connectivity index (χ1) is 9.31. The third-order valence-corrected chi connectivity index (χ3v) is 5.36. The standard InChI is InChI=1S/C11H17N5O2S2/c1-7-10(11(12)15-16(7)3)20(17,18)13-5-4-9-6-19-8(2)14-9/h6,13H,4-5H2,1-3H3,(H2,12,15). The maximum absolute atomic E-state index is 12.2. The lowest BCUT2D eigenvalue weighted by molar-refractivity contribution is 0.580. The SMILES string of the molecule is Cc1nc(CCNS(=O)(=O)c2c(N)nn(C)c2C)cs1. The van der Waals surface area contributed by atoms with Gasteiger partial charge in [0.2, 0.25) is 10.0 Å². The second-order valence-electron chi connectivity index (χ2n) is 4.43. The maximum Gasteiger partial charge on any atom is 0.246 e. The molecule has 0 radical (unpaired) electrons. The van der Waals surface area contributed by atoms with Gasteiger partial charge in [0.1, 0.15) is 4.90 Å². The summed E-state index contributed by atoms with van der Waals surface area (Å²) in [6.45, 7) is 3.86. The van der Waals surface area contributed by atoms with Gasteiger partial charge < -0.3 is 5.73 Å². The van der Waals surface area contributed by atoms with Crippen LogP contribution >= 0.6 is 11.3 Å². The predicted octanol–water partition coefficient (Wildman–Crippen LogP) is 0.597. The molecule has 2 rings (SSSR count). The van der Waals surface area contributed by atoms with E-state index in [9.17, 15) is 8.42 Å². The maximum atomic E-state index is 12.2. The Morgan fingerprint density at radius 1 is 1.45 bits per heavy atom. The van der Waals surface area contributed by atoms with Crippen LogP contribution in [0.25, 0.3) is 0 Å². The third-order valence-electron chi connectivity index (χ3n) is 2.91. The molecule has 0 saturated heterocycles. The molecule has 0 saturated carbocycles. The lowest BCUT2D eigenvalue weighted by Gasteiger charge is -2.06. The molecule has 0 aromatic carbocycles. The molecule has 0 amide bonds. The fourth-order valence-corrected chi connectivity index (χ4v) is 3.85. The molecule has 7 nitrogen and oxygen atoms in total. The van der Waals surface area contributed by atoms with Crippen LogP contribution in [0.4, 0.5) is 5.82 Å². The van der Waals surface area contributed by atoms with E-state index in [0.717, 1.165) is 10.7 Å². The zero-order chi connectivity index (χ0) is 14.9. The smallest absolute Gasteiger partial charge is 0.246 e. The van der Waals surface area contributed by atoms with Crippen LogP contribution in [-0.2, 0) is 23.5 Å². The van der Waals surface area contributed by atoms with Gasteiger partial charge in [0, 0.05) is 25.4 Å². The quantitative estimate of drug-likeness (QED) is 0.841. The number of aryl methyl sites for hydroxylation is 2. The van der Waals surface area contributed by atoms with Crippen molar-refractivity contribution in [2.45, 2.75) is 25.2 Å². The van der Waals surface area contributed by atoms with E-state index in [1.54, 1.807) is 25.3 Å². The van der Waals surface area contributed by atoms with Crippen molar-refractivity contribution in [1.29, 1.82) is 0 Å². The zero-order valence-electron chi connectivity index (χ0n) is 11.5. The van der Waals surface area contributed by atoms with Crippen LogP contribution in [-0.4, -0.2) is 29.7 Å². The van der Waals surface area contributed by atoms with E-state index in [-0.39, 0.29) is 17.3 Å². The molecule has 20 heavy (non-hydrogen) atoms. The number of rotatable bonds is 5. The topological polar surface area (TPSA) is 103 Å². The van der Waals surface area contributed by atoms with Crippen LogP contribution in [0, 0.1) is 13.8 Å². The molecule has 110 valence electrons. The first kappa shape index (κ1) is 14.9. The highest BCUT2D eigenvalue weighted by Gasteiger charge is 2.24. The summed E-state index contributed by atoms with van der Waals surface area (Å²) in [7, 11) is -1.99.